The van der Waals surface area contributed by atoms with Gasteiger partial charge in [0.15, 0.2) is 0 Å². The number of hydrogen-bond acceptors (Lipinski definition) is 3. The van der Waals surface area contributed by atoms with E-state index in [1.807, 2.05) is 0 Å². The van der Waals surface area contributed by atoms with Crippen molar-refractivity contribution in [1.29, 1.82) is 0 Å². The summed E-state index contributed by atoms with van der Waals surface area (Å²) in [7, 11) is 1.21. The van der Waals surface area contributed by atoms with Crippen LogP contribution in [0.15, 0.2) is 0 Å². The molecule has 1 saturated carbocycles. The van der Waals surface area contributed by atoms with Crippen LogP contribution in [-0.2, 0) is 14.3 Å². The molecule has 2 atom stereocenters. The van der Waals surface area contributed by atoms with E-state index >= 15 is 0 Å². The van der Waals surface area contributed by atoms with E-state index in [-0.39, 0.29) is 6.04 Å². The normalized spacial score (nSPS) is 26.7. The molecule has 1 aliphatic carbocycles. The summed E-state index contributed by atoms with van der Waals surface area (Å²) in [5.41, 5.74) is 0. The van der Waals surface area contributed by atoms with Gasteiger partial charge in [-0.2, -0.15) is 0 Å². The summed E-state index contributed by atoms with van der Waals surface area (Å²) in [4.78, 5) is 22.1. The summed E-state index contributed by atoms with van der Waals surface area (Å²) in [6.45, 7) is 2.10. The molecule has 0 spiro atoms. The molecule has 1 aliphatic rings. The van der Waals surface area contributed by atoms with Crippen molar-refractivity contribution >= 4 is 11.9 Å². The number of nitrogens with one attached hydrogen (secondary N) is 1. The predicted octanol–water partition coefficient (Wildman–Crippen LogP) is 0.854. The fraction of sp³-hybridized carbons (Fsp3) is 0.800. The Morgan fingerprint density at radius 1 is 1.29 bits per heavy atom. The number of rotatable bonds is 1. The summed E-state index contributed by atoms with van der Waals surface area (Å²) in [6, 6.07) is 0.135. The van der Waals surface area contributed by atoms with Crippen LogP contribution in [0.3, 0.4) is 0 Å². The lowest BCUT2D eigenvalue weighted by Crippen LogP contribution is -2.44. The summed E-state index contributed by atoms with van der Waals surface area (Å²) in [5.74, 6) is -0.966. The number of esters is 1. The molecule has 0 aliphatic heterocycles. The summed E-state index contributed by atoms with van der Waals surface area (Å²) < 4.78 is 4.34. The van der Waals surface area contributed by atoms with Crippen molar-refractivity contribution in [2.75, 3.05) is 7.11 Å². The van der Waals surface area contributed by atoms with E-state index in [4.69, 9.17) is 0 Å². The van der Waals surface area contributed by atoms with Gasteiger partial charge in [-0.25, -0.2) is 4.79 Å². The lowest BCUT2D eigenvalue weighted by Gasteiger charge is -2.28. The van der Waals surface area contributed by atoms with Gasteiger partial charge < -0.3 is 10.1 Å². The highest BCUT2D eigenvalue weighted by Crippen LogP contribution is 2.23. The molecule has 4 heteroatoms. The molecule has 14 heavy (non-hydrogen) atoms. The van der Waals surface area contributed by atoms with Crippen molar-refractivity contribution < 1.29 is 14.3 Å². The highest BCUT2D eigenvalue weighted by molar-refractivity contribution is 6.32. The van der Waals surface area contributed by atoms with Crippen LogP contribution in [0.1, 0.15) is 32.6 Å². The van der Waals surface area contributed by atoms with Crippen LogP contribution >= 0.6 is 0 Å². The lowest BCUT2D eigenvalue weighted by molar-refractivity contribution is -0.153. The number of carbonyl (C=O) groups is 2. The van der Waals surface area contributed by atoms with Crippen molar-refractivity contribution in [3.63, 3.8) is 0 Å². The Morgan fingerprint density at radius 2 is 1.93 bits per heavy atom. The molecule has 0 saturated heterocycles. The largest absolute Gasteiger partial charge is 0.462 e. The second-order valence-corrected chi connectivity index (χ2v) is 3.83. The number of amides is 1. The Balaban J connectivity index is 2.42. The van der Waals surface area contributed by atoms with E-state index in [1.165, 1.54) is 13.5 Å². The van der Waals surface area contributed by atoms with Crippen molar-refractivity contribution in [3.8, 4) is 0 Å². The smallest absolute Gasteiger partial charge is 0.396 e. The van der Waals surface area contributed by atoms with Gasteiger partial charge in [0.1, 0.15) is 0 Å². The molecule has 0 aromatic heterocycles. The summed E-state index contributed by atoms with van der Waals surface area (Å²) in [5, 5.41) is 2.71. The standard InChI is InChI=1S/C10H17NO3/c1-7-5-3-4-6-8(7)11-9(12)10(13)14-2/h7-8H,3-6H2,1-2H3,(H,11,12). The van der Waals surface area contributed by atoms with Gasteiger partial charge in [-0.05, 0) is 18.8 Å². The zero-order valence-corrected chi connectivity index (χ0v) is 8.71. The van der Waals surface area contributed by atoms with Crippen molar-refractivity contribution in [3.05, 3.63) is 0 Å². The average Bonchev–Trinajstić information content (AvgIpc) is 2.20. The zero-order chi connectivity index (χ0) is 10.6. The summed E-state index contributed by atoms with van der Waals surface area (Å²) in [6.07, 6.45) is 4.41. The maximum Gasteiger partial charge on any atom is 0.396 e. The number of ether oxygens (including phenoxy) is 1. The second-order valence-electron chi connectivity index (χ2n) is 3.83. The third-order valence-electron chi connectivity index (χ3n) is 2.80. The van der Waals surface area contributed by atoms with E-state index in [0.717, 1.165) is 19.3 Å². The van der Waals surface area contributed by atoms with Crippen LogP contribution < -0.4 is 5.32 Å². The van der Waals surface area contributed by atoms with Crippen LogP contribution in [0.4, 0.5) is 0 Å². The fourth-order valence-electron chi connectivity index (χ4n) is 1.85. The van der Waals surface area contributed by atoms with Gasteiger partial charge in [0, 0.05) is 6.04 Å². The first-order valence-corrected chi connectivity index (χ1v) is 5.04. The van der Waals surface area contributed by atoms with Crippen molar-refractivity contribution in [2.45, 2.75) is 38.6 Å². The van der Waals surface area contributed by atoms with Gasteiger partial charge >= 0.3 is 11.9 Å². The number of methoxy groups -OCH3 is 1. The predicted molar refractivity (Wildman–Crippen MR) is 51.6 cm³/mol. The van der Waals surface area contributed by atoms with E-state index < -0.39 is 11.9 Å². The molecule has 0 aromatic carbocycles. The van der Waals surface area contributed by atoms with E-state index in [1.54, 1.807) is 0 Å². The zero-order valence-electron chi connectivity index (χ0n) is 8.71. The van der Waals surface area contributed by atoms with Crippen LogP contribution in [0, 0.1) is 5.92 Å². The highest BCUT2D eigenvalue weighted by atomic mass is 16.5. The maximum atomic E-state index is 11.2. The minimum atomic E-state index is -0.803. The monoisotopic (exact) mass is 199 g/mol. The molecule has 1 fully saturated rings. The molecule has 0 aromatic rings. The summed E-state index contributed by atoms with van der Waals surface area (Å²) >= 11 is 0. The lowest BCUT2D eigenvalue weighted by atomic mass is 9.86. The van der Waals surface area contributed by atoms with Gasteiger partial charge in [-0.3, -0.25) is 4.79 Å². The Kier molecular flexibility index (Phi) is 3.92. The molecule has 1 N–H and O–H groups in total. The molecule has 0 radical (unpaired) electrons. The molecule has 0 heterocycles. The highest BCUT2D eigenvalue weighted by Gasteiger charge is 2.25. The topological polar surface area (TPSA) is 55.4 Å². The van der Waals surface area contributed by atoms with Crippen molar-refractivity contribution in [2.24, 2.45) is 5.92 Å². The fourth-order valence-corrected chi connectivity index (χ4v) is 1.85. The van der Waals surface area contributed by atoms with Gasteiger partial charge in [0.05, 0.1) is 7.11 Å². The first-order chi connectivity index (χ1) is 6.65. The molecular weight excluding hydrogens is 182 g/mol. The van der Waals surface area contributed by atoms with E-state index in [9.17, 15) is 9.59 Å². The minimum absolute atomic E-state index is 0.135. The van der Waals surface area contributed by atoms with Gasteiger partial charge in [0.25, 0.3) is 0 Å². The van der Waals surface area contributed by atoms with Gasteiger partial charge in [-0.1, -0.05) is 19.8 Å². The first-order valence-electron chi connectivity index (χ1n) is 5.04. The van der Waals surface area contributed by atoms with E-state index in [2.05, 4.69) is 17.0 Å². The van der Waals surface area contributed by atoms with Crippen LogP contribution in [0.5, 0.6) is 0 Å². The molecule has 0 bridgehead atoms. The van der Waals surface area contributed by atoms with Crippen LogP contribution in [-0.4, -0.2) is 25.0 Å². The average molecular weight is 199 g/mol. The Morgan fingerprint density at radius 3 is 2.50 bits per heavy atom. The second kappa shape index (κ2) is 4.98. The number of carbonyl (C=O) groups excluding carboxylic acids is 2. The molecule has 4 nitrogen and oxygen atoms in total. The Labute approximate surface area is 84.0 Å². The maximum absolute atomic E-state index is 11.2. The molecule has 1 amide bonds. The third-order valence-corrected chi connectivity index (χ3v) is 2.80. The van der Waals surface area contributed by atoms with E-state index in [0.29, 0.717) is 5.92 Å². The quantitative estimate of drug-likeness (QED) is 0.503. The van der Waals surface area contributed by atoms with Gasteiger partial charge in [-0.15, -0.1) is 0 Å². The Bertz CT molecular complexity index is 227. The van der Waals surface area contributed by atoms with Crippen molar-refractivity contribution in [1.82, 2.24) is 5.32 Å². The third kappa shape index (κ3) is 2.72. The molecule has 1 rings (SSSR count). The molecule has 80 valence electrons. The van der Waals surface area contributed by atoms with Crippen LogP contribution in [0.2, 0.25) is 0 Å². The Hall–Kier alpha value is -1.06. The SMILES string of the molecule is COC(=O)C(=O)NC1CCCCC1C. The number of hydrogen-bond donors (Lipinski definition) is 1. The first kappa shape index (κ1) is 11.0. The molecule has 2 unspecified atom stereocenters. The van der Waals surface area contributed by atoms with Crippen LogP contribution in [0.25, 0.3) is 0 Å². The van der Waals surface area contributed by atoms with Gasteiger partial charge in [0.2, 0.25) is 0 Å². The molecular formula is C10H17NO3. The minimum Gasteiger partial charge on any atom is -0.462 e.